The number of aryl methyl sites for hydroxylation is 1. The third-order valence-corrected chi connectivity index (χ3v) is 4.31. The van der Waals surface area contributed by atoms with Gasteiger partial charge < -0.3 is 10.6 Å². The molecule has 2 N–H and O–H groups in total. The first kappa shape index (κ1) is 15.8. The fraction of sp³-hybridized carbons (Fsp3) is 0.278. The molecule has 0 radical (unpaired) electrons. The van der Waals surface area contributed by atoms with E-state index < -0.39 is 5.82 Å². The van der Waals surface area contributed by atoms with Gasteiger partial charge in [0, 0.05) is 5.02 Å². The Hall–Kier alpha value is -2.07. The molecule has 1 aliphatic carbocycles. The van der Waals surface area contributed by atoms with Gasteiger partial charge in [-0.2, -0.15) is 0 Å². The van der Waals surface area contributed by atoms with Gasteiger partial charge in [0.1, 0.15) is 5.82 Å². The minimum atomic E-state index is -0.465. The smallest absolute Gasteiger partial charge is 0.239 e. The molecule has 0 aromatic heterocycles. The van der Waals surface area contributed by atoms with Crippen LogP contribution in [0.15, 0.2) is 42.5 Å². The number of carbonyl (C=O) groups excluding carboxylic acids is 1. The molecule has 1 amide bonds. The summed E-state index contributed by atoms with van der Waals surface area (Å²) in [7, 11) is 0. The van der Waals surface area contributed by atoms with Crippen molar-refractivity contribution in [2.45, 2.75) is 25.3 Å². The van der Waals surface area contributed by atoms with Crippen LogP contribution in [0.4, 0.5) is 10.1 Å². The molecule has 2 aromatic carbocycles. The van der Waals surface area contributed by atoms with Gasteiger partial charge >= 0.3 is 0 Å². The molecule has 2 aromatic rings. The summed E-state index contributed by atoms with van der Waals surface area (Å²) in [5.41, 5.74) is 2.75. The van der Waals surface area contributed by atoms with Crippen LogP contribution >= 0.6 is 11.6 Å². The molecule has 0 heterocycles. The quantitative estimate of drug-likeness (QED) is 0.885. The number of halogens is 2. The molecule has 120 valence electrons. The van der Waals surface area contributed by atoms with Crippen molar-refractivity contribution in [1.82, 2.24) is 5.32 Å². The highest BCUT2D eigenvalue weighted by Crippen LogP contribution is 2.29. The van der Waals surface area contributed by atoms with E-state index in [0.29, 0.717) is 5.02 Å². The van der Waals surface area contributed by atoms with Crippen LogP contribution < -0.4 is 10.6 Å². The molecular formula is C18H18ClFN2O. The Bertz CT molecular complexity index is 720. The molecule has 1 unspecified atom stereocenters. The zero-order valence-electron chi connectivity index (χ0n) is 12.6. The van der Waals surface area contributed by atoms with Gasteiger partial charge in [-0.3, -0.25) is 4.79 Å². The van der Waals surface area contributed by atoms with Crippen molar-refractivity contribution in [1.29, 1.82) is 0 Å². The number of hydrogen-bond donors (Lipinski definition) is 2. The van der Waals surface area contributed by atoms with Gasteiger partial charge in [-0.1, -0.05) is 35.9 Å². The minimum Gasteiger partial charge on any atom is -0.374 e. The number of benzene rings is 2. The van der Waals surface area contributed by atoms with E-state index in [9.17, 15) is 9.18 Å². The monoisotopic (exact) mass is 332 g/mol. The van der Waals surface area contributed by atoms with E-state index in [2.05, 4.69) is 22.8 Å². The maximum atomic E-state index is 13.7. The van der Waals surface area contributed by atoms with Crippen molar-refractivity contribution in [3.8, 4) is 0 Å². The van der Waals surface area contributed by atoms with Crippen molar-refractivity contribution in [3.05, 3.63) is 64.4 Å². The zero-order valence-corrected chi connectivity index (χ0v) is 13.4. The number of fused-ring (bicyclic) bond motifs is 1. The lowest BCUT2D eigenvalue weighted by Gasteiger charge is -2.26. The molecule has 3 rings (SSSR count). The van der Waals surface area contributed by atoms with Gasteiger partial charge in [-0.15, -0.1) is 0 Å². The number of hydrogen-bond acceptors (Lipinski definition) is 2. The van der Waals surface area contributed by atoms with Crippen LogP contribution in [0.2, 0.25) is 5.02 Å². The van der Waals surface area contributed by atoms with Crippen LogP contribution in [0.25, 0.3) is 0 Å². The Morgan fingerprint density at radius 3 is 2.91 bits per heavy atom. The largest absolute Gasteiger partial charge is 0.374 e. The first-order valence-corrected chi connectivity index (χ1v) is 8.07. The summed E-state index contributed by atoms with van der Waals surface area (Å²) in [5, 5.41) is 6.16. The second-order valence-electron chi connectivity index (χ2n) is 5.69. The first-order chi connectivity index (χ1) is 11.1. The molecule has 23 heavy (non-hydrogen) atoms. The molecule has 0 bridgehead atoms. The van der Waals surface area contributed by atoms with Gasteiger partial charge in [0.15, 0.2) is 0 Å². The summed E-state index contributed by atoms with van der Waals surface area (Å²) < 4.78 is 13.7. The summed E-state index contributed by atoms with van der Waals surface area (Å²) in [5.74, 6) is -0.616. The maximum absolute atomic E-state index is 13.7. The lowest BCUT2D eigenvalue weighted by molar-refractivity contribution is -0.120. The van der Waals surface area contributed by atoms with Gasteiger partial charge in [0.2, 0.25) is 5.91 Å². The number of rotatable bonds is 4. The van der Waals surface area contributed by atoms with Crippen LogP contribution in [0.1, 0.15) is 30.0 Å². The first-order valence-electron chi connectivity index (χ1n) is 7.69. The Morgan fingerprint density at radius 1 is 1.26 bits per heavy atom. The molecule has 1 atom stereocenters. The van der Waals surface area contributed by atoms with Crippen LogP contribution in [0, 0.1) is 5.82 Å². The Kier molecular flexibility index (Phi) is 4.82. The van der Waals surface area contributed by atoms with E-state index in [0.717, 1.165) is 19.3 Å². The fourth-order valence-corrected chi connectivity index (χ4v) is 3.12. The second-order valence-corrected chi connectivity index (χ2v) is 6.13. The zero-order chi connectivity index (χ0) is 16.2. The average molecular weight is 333 g/mol. The van der Waals surface area contributed by atoms with Gasteiger partial charge in [0.25, 0.3) is 0 Å². The van der Waals surface area contributed by atoms with E-state index in [1.807, 2.05) is 12.1 Å². The molecule has 5 heteroatoms. The molecule has 3 nitrogen and oxygen atoms in total. The van der Waals surface area contributed by atoms with Crippen molar-refractivity contribution in [2.75, 3.05) is 11.9 Å². The minimum absolute atomic E-state index is 0.0250. The molecular weight excluding hydrogens is 315 g/mol. The fourth-order valence-electron chi connectivity index (χ4n) is 2.96. The van der Waals surface area contributed by atoms with E-state index in [1.54, 1.807) is 6.07 Å². The van der Waals surface area contributed by atoms with Crippen molar-refractivity contribution in [3.63, 3.8) is 0 Å². The normalized spacial score (nSPS) is 16.5. The Morgan fingerprint density at radius 2 is 2.09 bits per heavy atom. The van der Waals surface area contributed by atoms with Crippen molar-refractivity contribution >= 4 is 23.2 Å². The molecule has 1 aliphatic rings. The van der Waals surface area contributed by atoms with Gasteiger partial charge in [-0.25, -0.2) is 4.39 Å². The maximum Gasteiger partial charge on any atom is 0.239 e. The van der Waals surface area contributed by atoms with Crippen LogP contribution in [-0.2, 0) is 11.2 Å². The summed E-state index contributed by atoms with van der Waals surface area (Å²) in [6.45, 7) is 0.0250. The highest BCUT2D eigenvalue weighted by molar-refractivity contribution is 6.30. The van der Waals surface area contributed by atoms with Crippen LogP contribution in [0.3, 0.4) is 0 Å². The topological polar surface area (TPSA) is 41.1 Å². The average Bonchev–Trinajstić information content (AvgIpc) is 2.54. The molecule has 0 saturated heterocycles. The highest BCUT2D eigenvalue weighted by Gasteiger charge is 2.21. The number of carbonyl (C=O) groups is 1. The predicted octanol–water partition coefficient (Wildman–Crippen LogP) is 4.08. The summed E-state index contributed by atoms with van der Waals surface area (Å²) in [6.07, 6.45) is 3.04. The van der Waals surface area contributed by atoms with Crippen LogP contribution in [0.5, 0.6) is 0 Å². The Balaban J connectivity index is 1.60. The Labute approximate surface area is 139 Å². The van der Waals surface area contributed by atoms with E-state index in [-0.39, 0.29) is 24.2 Å². The molecule has 0 spiro atoms. The predicted molar refractivity (Wildman–Crippen MR) is 90.2 cm³/mol. The van der Waals surface area contributed by atoms with Crippen molar-refractivity contribution in [2.24, 2.45) is 0 Å². The van der Waals surface area contributed by atoms with E-state index >= 15 is 0 Å². The second kappa shape index (κ2) is 7.01. The number of anilines is 1. The SMILES string of the molecule is O=C(CNc1ccc(Cl)cc1F)NC1CCCc2ccccc21. The standard InChI is InChI=1S/C18H18ClFN2O/c19-13-8-9-17(15(20)10-13)21-11-18(23)22-16-7-3-5-12-4-1-2-6-14(12)16/h1-2,4,6,8-10,16,21H,3,5,7,11H2,(H,22,23). The summed E-state index contributed by atoms with van der Waals surface area (Å²) in [6, 6.07) is 12.5. The van der Waals surface area contributed by atoms with Gasteiger partial charge in [-0.05, 0) is 48.6 Å². The summed E-state index contributed by atoms with van der Waals surface area (Å²) in [4.78, 5) is 12.2. The van der Waals surface area contributed by atoms with Gasteiger partial charge in [0.05, 0.1) is 18.3 Å². The van der Waals surface area contributed by atoms with Crippen molar-refractivity contribution < 1.29 is 9.18 Å². The lowest BCUT2D eigenvalue weighted by Crippen LogP contribution is -2.35. The molecule has 0 saturated carbocycles. The number of nitrogens with one attached hydrogen (secondary N) is 2. The molecule has 0 aliphatic heterocycles. The van der Waals surface area contributed by atoms with Crippen LogP contribution in [-0.4, -0.2) is 12.5 Å². The lowest BCUT2D eigenvalue weighted by atomic mass is 9.88. The van der Waals surface area contributed by atoms with E-state index in [1.165, 1.54) is 23.3 Å². The number of amides is 1. The molecule has 0 fully saturated rings. The third-order valence-electron chi connectivity index (χ3n) is 4.08. The highest BCUT2D eigenvalue weighted by atomic mass is 35.5. The summed E-state index contributed by atoms with van der Waals surface area (Å²) >= 11 is 5.71. The van der Waals surface area contributed by atoms with E-state index in [4.69, 9.17) is 11.6 Å². The third kappa shape index (κ3) is 3.82.